The van der Waals surface area contributed by atoms with Crippen molar-refractivity contribution in [3.8, 4) is 0 Å². The number of aliphatic hydroxyl groups excluding tert-OH is 1. The number of amides is 1. The summed E-state index contributed by atoms with van der Waals surface area (Å²) in [4.78, 5) is 16.2. The minimum Gasteiger partial charge on any atom is -0.395 e. The molecule has 0 bridgehead atoms. The molecule has 2 saturated heterocycles. The summed E-state index contributed by atoms with van der Waals surface area (Å²) in [5, 5.41) is 9.82. The lowest BCUT2D eigenvalue weighted by atomic mass is 9.74. The van der Waals surface area contributed by atoms with Crippen LogP contribution in [0.1, 0.15) is 31.2 Å². The Bertz CT molecular complexity index is 534. The number of hydrogen-bond acceptors (Lipinski definition) is 3. The predicted molar refractivity (Wildman–Crippen MR) is 89.7 cm³/mol. The monoisotopic (exact) mass is 366 g/mol. The van der Waals surface area contributed by atoms with Crippen LogP contribution in [0.15, 0.2) is 28.7 Å². The molecule has 4 nitrogen and oxygen atoms in total. The second kappa shape index (κ2) is 6.69. The minimum atomic E-state index is 0.156. The fraction of sp³-hybridized carbons (Fsp3) is 0.588. The number of fused-ring (bicyclic) bond motifs is 1. The first-order chi connectivity index (χ1) is 10.6. The third-order valence-electron chi connectivity index (χ3n) is 5.07. The smallest absolute Gasteiger partial charge is 0.219 e. The van der Waals surface area contributed by atoms with Gasteiger partial charge in [0.15, 0.2) is 0 Å². The number of hydrogen-bond donors (Lipinski definition) is 1. The third-order valence-corrected chi connectivity index (χ3v) is 5.60. The molecule has 2 heterocycles. The molecule has 0 unspecified atom stereocenters. The van der Waals surface area contributed by atoms with E-state index in [9.17, 15) is 9.90 Å². The van der Waals surface area contributed by atoms with Gasteiger partial charge in [-0.3, -0.25) is 9.69 Å². The molecule has 0 aromatic heterocycles. The van der Waals surface area contributed by atoms with Crippen LogP contribution in [0.25, 0.3) is 0 Å². The van der Waals surface area contributed by atoms with Gasteiger partial charge in [0, 0.05) is 42.5 Å². The van der Waals surface area contributed by atoms with Gasteiger partial charge >= 0.3 is 0 Å². The van der Waals surface area contributed by atoms with E-state index in [1.54, 1.807) is 6.92 Å². The zero-order chi connectivity index (χ0) is 15.7. The van der Waals surface area contributed by atoms with Crippen LogP contribution in [-0.4, -0.2) is 59.1 Å². The summed E-state index contributed by atoms with van der Waals surface area (Å²) in [6, 6.07) is 8.87. The van der Waals surface area contributed by atoms with Crippen molar-refractivity contribution >= 4 is 21.8 Å². The SMILES string of the molecule is CC(=O)N1CCCCN2[C@H](CO)[C@@H](c3ccc(Br)cc3)[C@H]2C1. The number of benzene rings is 1. The van der Waals surface area contributed by atoms with Gasteiger partial charge in [-0.1, -0.05) is 28.1 Å². The number of carbonyl (C=O) groups is 1. The fourth-order valence-corrected chi connectivity index (χ4v) is 4.18. The van der Waals surface area contributed by atoms with Gasteiger partial charge in [0.25, 0.3) is 0 Å². The highest BCUT2D eigenvalue weighted by Gasteiger charge is 2.49. The topological polar surface area (TPSA) is 43.8 Å². The van der Waals surface area contributed by atoms with E-state index in [1.807, 2.05) is 4.90 Å². The molecule has 0 aliphatic carbocycles. The van der Waals surface area contributed by atoms with E-state index in [0.717, 1.165) is 36.9 Å². The molecule has 1 aromatic carbocycles. The van der Waals surface area contributed by atoms with Gasteiger partial charge < -0.3 is 10.0 Å². The number of nitrogens with zero attached hydrogens (tertiary/aromatic N) is 2. The predicted octanol–water partition coefficient (Wildman–Crippen LogP) is 2.22. The maximum Gasteiger partial charge on any atom is 0.219 e. The highest BCUT2D eigenvalue weighted by Crippen LogP contribution is 2.42. The van der Waals surface area contributed by atoms with E-state index in [1.165, 1.54) is 5.56 Å². The van der Waals surface area contributed by atoms with Crippen LogP contribution < -0.4 is 0 Å². The number of rotatable bonds is 2. The van der Waals surface area contributed by atoms with Crippen molar-refractivity contribution in [1.82, 2.24) is 9.80 Å². The first kappa shape index (κ1) is 16.0. The van der Waals surface area contributed by atoms with E-state index >= 15 is 0 Å². The third kappa shape index (κ3) is 2.94. The van der Waals surface area contributed by atoms with E-state index in [4.69, 9.17) is 0 Å². The number of carbonyl (C=O) groups excluding carboxylic acids is 1. The molecule has 3 atom stereocenters. The van der Waals surface area contributed by atoms with Gasteiger partial charge in [-0.25, -0.2) is 0 Å². The molecule has 22 heavy (non-hydrogen) atoms. The molecule has 1 aromatic rings. The summed E-state index contributed by atoms with van der Waals surface area (Å²) in [5.41, 5.74) is 1.26. The number of halogens is 1. The van der Waals surface area contributed by atoms with Gasteiger partial charge in [-0.15, -0.1) is 0 Å². The van der Waals surface area contributed by atoms with Crippen LogP contribution in [0, 0.1) is 0 Å². The molecule has 0 radical (unpaired) electrons. The summed E-state index contributed by atoms with van der Waals surface area (Å²) >= 11 is 3.47. The Morgan fingerprint density at radius 3 is 2.59 bits per heavy atom. The van der Waals surface area contributed by atoms with Gasteiger partial charge in [-0.2, -0.15) is 0 Å². The van der Waals surface area contributed by atoms with Crippen molar-refractivity contribution in [2.75, 3.05) is 26.2 Å². The van der Waals surface area contributed by atoms with Crippen LogP contribution in [-0.2, 0) is 4.79 Å². The maximum atomic E-state index is 11.8. The maximum absolute atomic E-state index is 11.8. The van der Waals surface area contributed by atoms with Crippen molar-refractivity contribution in [2.45, 2.75) is 37.8 Å². The summed E-state index contributed by atoms with van der Waals surface area (Å²) < 4.78 is 1.07. The molecular weight excluding hydrogens is 344 g/mol. The van der Waals surface area contributed by atoms with Gasteiger partial charge in [0.2, 0.25) is 5.91 Å². The van der Waals surface area contributed by atoms with Crippen molar-refractivity contribution in [1.29, 1.82) is 0 Å². The van der Waals surface area contributed by atoms with E-state index in [0.29, 0.717) is 12.0 Å². The molecule has 2 aliphatic rings. The van der Waals surface area contributed by atoms with E-state index in [-0.39, 0.29) is 18.6 Å². The summed E-state index contributed by atoms with van der Waals surface area (Å²) in [6.07, 6.45) is 2.13. The molecule has 2 fully saturated rings. The first-order valence-corrected chi connectivity index (χ1v) is 8.78. The molecule has 1 amide bonds. The Balaban J connectivity index is 1.84. The highest BCUT2D eigenvalue weighted by molar-refractivity contribution is 9.10. The molecule has 0 saturated carbocycles. The molecule has 1 N–H and O–H groups in total. The quantitative estimate of drug-likeness (QED) is 0.872. The Kier molecular flexibility index (Phi) is 4.85. The average Bonchev–Trinajstić information content (AvgIpc) is 2.47. The van der Waals surface area contributed by atoms with Crippen LogP contribution in [0.2, 0.25) is 0 Å². The highest BCUT2D eigenvalue weighted by atomic mass is 79.9. The van der Waals surface area contributed by atoms with E-state index < -0.39 is 0 Å². The lowest BCUT2D eigenvalue weighted by Gasteiger charge is -2.57. The average molecular weight is 367 g/mol. The minimum absolute atomic E-state index is 0.156. The standard InChI is InChI=1S/C17H23BrN2O2/c1-12(22)19-8-2-3-9-20-15(10-19)17(16(20)11-21)13-4-6-14(18)7-5-13/h4-7,15-17,21H,2-3,8-11H2,1H3/t15-,16-,17+/m1/s1. The van der Waals surface area contributed by atoms with Crippen molar-refractivity contribution in [3.05, 3.63) is 34.3 Å². The van der Waals surface area contributed by atoms with Crippen LogP contribution in [0.4, 0.5) is 0 Å². The van der Waals surface area contributed by atoms with Crippen LogP contribution in [0.5, 0.6) is 0 Å². The Hall–Kier alpha value is -0.910. The second-order valence-electron chi connectivity index (χ2n) is 6.30. The lowest BCUT2D eigenvalue weighted by molar-refractivity contribution is -0.134. The summed E-state index contributed by atoms with van der Waals surface area (Å²) in [6.45, 7) is 4.48. The second-order valence-corrected chi connectivity index (χ2v) is 7.22. The van der Waals surface area contributed by atoms with Gasteiger partial charge in [0.1, 0.15) is 0 Å². The normalized spacial score (nSPS) is 29.2. The molecule has 120 valence electrons. The Labute approximate surface area is 140 Å². The van der Waals surface area contributed by atoms with E-state index in [2.05, 4.69) is 45.1 Å². The van der Waals surface area contributed by atoms with Crippen LogP contribution >= 0.6 is 15.9 Å². The van der Waals surface area contributed by atoms with Crippen molar-refractivity contribution in [2.24, 2.45) is 0 Å². The first-order valence-electron chi connectivity index (χ1n) is 7.99. The lowest BCUT2D eigenvalue weighted by Crippen LogP contribution is -2.67. The summed E-state index contributed by atoms with van der Waals surface area (Å²) in [7, 11) is 0. The molecule has 3 rings (SSSR count). The zero-order valence-electron chi connectivity index (χ0n) is 12.9. The Morgan fingerprint density at radius 1 is 1.27 bits per heavy atom. The largest absolute Gasteiger partial charge is 0.395 e. The fourth-order valence-electron chi connectivity index (χ4n) is 3.91. The molecular formula is C17H23BrN2O2. The van der Waals surface area contributed by atoms with Gasteiger partial charge in [-0.05, 0) is 37.1 Å². The van der Waals surface area contributed by atoms with Crippen LogP contribution in [0.3, 0.4) is 0 Å². The molecule has 5 heteroatoms. The Morgan fingerprint density at radius 2 is 1.95 bits per heavy atom. The van der Waals surface area contributed by atoms with Crippen molar-refractivity contribution < 1.29 is 9.90 Å². The summed E-state index contributed by atoms with van der Waals surface area (Å²) in [5.74, 6) is 0.460. The zero-order valence-corrected chi connectivity index (χ0v) is 14.5. The van der Waals surface area contributed by atoms with Crippen molar-refractivity contribution in [3.63, 3.8) is 0 Å². The van der Waals surface area contributed by atoms with Gasteiger partial charge in [0.05, 0.1) is 6.61 Å². The number of aliphatic hydroxyl groups is 1. The molecule has 2 aliphatic heterocycles. The molecule has 0 spiro atoms.